The lowest BCUT2D eigenvalue weighted by atomic mass is 10.1. The Hall–Kier alpha value is 0.200. The van der Waals surface area contributed by atoms with Crippen molar-refractivity contribution in [2.24, 2.45) is 0 Å². The van der Waals surface area contributed by atoms with E-state index in [-0.39, 0.29) is 5.91 Å². The maximum absolute atomic E-state index is 11.4. The fourth-order valence-corrected chi connectivity index (χ4v) is 2.14. The topological polar surface area (TPSA) is 29.1 Å². The van der Waals surface area contributed by atoms with Crippen molar-refractivity contribution >= 4 is 28.5 Å². The first kappa shape index (κ1) is 16.2. The SMILES string of the molecule is CCCCCCCCC(=O)NCCCCI. The Kier molecular flexibility index (Phi) is 13.4. The number of hydrogen-bond acceptors (Lipinski definition) is 1. The Morgan fingerprint density at radius 3 is 2.38 bits per heavy atom. The lowest BCUT2D eigenvalue weighted by Crippen LogP contribution is -2.24. The molecule has 0 aliphatic rings. The highest BCUT2D eigenvalue weighted by atomic mass is 127. The summed E-state index contributed by atoms with van der Waals surface area (Å²) in [5, 5.41) is 2.98. The average molecular weight is 339 g/mol. The quantitative estimate of drug-likeness (QED) is 0.343. The molecular formula is C13H26INO. The molecule has 1 N–H and O–H groups in total. The van der Waals surface area contributed by atoms with E-state index < -0.39 is 0 Å². The van der Waals surface area contributed by atoms with Gasteiger partial charge in [-0.3, -0.25) is 4.79 Å². The minimum Gasteiger partial charge on any atom is -0.356 e. The molecule has 2 nitrogen and oxygen atoms in total. The number of amides is 1. The summed E-state index contributed by atoms with van der Waals surface area (Å²) in [5.74, 6) is 0.240. The van der Waals surface area contributed by atoms with Crippen molar-refractivity contribution in [1.29, 1.82) is 0 Å². The lowest BCUT2D eigenvalue weighted by Gasteiger charge is -2.04. The van der Waals surface area contributed by atoms with Crippen molar-refractivity contribution in [3.8, 4) is 0 Å². The summed E-state index contributed by atoms with van der Waals surface area (Å²) in [6, 6.07) is 0. The van der Waals surface area contributed by atoms with Crippen molar-refractivity contribution in [2.75, 3.05) is 11.0 Å². The standard InChI is InChI=1S/C13H26INO/c1-2-3-4-5-6-7-10-13(16)15-12-9-8-11-14/h2-12H2,1H3,(H,15,16). The zero-order chi connectivity index (χ0) is 12.1. The van der Waals surface area contributed by atoms with Crippen LogP contribution in [0.3, 0.4) is 0 Å². The molecule has 1 amide bonds. The molecule has 0 radical (unpaired) electrons. The summed E-state index contributed by atoms with van der Waals surface area (Å²) in [5.41, 5.74) is 0. The Morgan fingerprint density at radius 1 is 1.00 bits per heavy atom. The van der Waals surface area contributed by atoms with E-state index in [1.54, 1.807) is 0 Å². The monoisotopic (exact) mass is 339 g/mol. The van der Waals surface area contributed by atoms with Crippen LogP contribution in [0.4, 0.5) is 0 Å². The normalized spacial score (nSPS) is 10.4. The number of carbonyl (C=O) groups is 1. The molecule has 0 aliphatic carbocycles. The highest BCUT2D eigenvalue weighted by molar-refractivity contribution is 14.1. The molecule has 0 unspecified atom stereocenters. The maximum Gasteiger partial charge on any atom is 0.219 e. The van der Waals surface area contributed by atoms with Gasteiger partial charge in [0.1, 0.15) is 0 Å². The molecule has 0 aromatic carbocycles. The largest absolute Gasteiger partial charge is 0.356 e. The van der Waals surface area contributed by atoms with Crippen molar-refractivity contribution in [1.82, 2.24) is 5.32 Å². The van der Waals surface area contributed by atoms with E-state index >= 15 is 0 Å². The number of nitrogens with one attached hydrogen (secondary N) is 1. The van der Waals surface area contributed by atoms with E-state index in [1.807, 2.05) is 0 Å². The van der Waals surface area contributed by atoms with Crippen LogP contribution in [0.2, 0.25) is 0 Å². The second-order valence-electron chi connectivity index (χ2n) is 4.26. The van der Waals surface area contributed by atoms with Gasteiger partial charge in [-0.15, -0.1) is 0 Å². The van der Waals surface area contributed by atoms with Gasteiger partial charge in [-0.1, -0.05) is 61.6 Å². The van der Waals surface area contributed by atoms with Gasteiger partial charge < -0.3 is 5.32 Å². The van der Waals surface area contributed by atoms with Crippen molar-refractivity contribution in [3.05, 3.63) is 0 Å². The average Bonchev–Trinajstić information content (AvgIpc) is 2.29. The fraction of sp³-hybridized carbons (Fsp3) is 0.923. The second kappa shape index (κ2) is 13.3. The molecule has 3 heteroatoms. The molecule has 0 aromatic heterocycles. The van der Waals surface area contributed by atoms with Gasteiger partial charge in [0.25, 0.3) is 0 Å². The smallest absolute Gasteiger partial charge is 0.219 e. The first-order valence-corrected chi connectivity index (χ1v) is 8.16. The van der Waals surface area contributed by atoms with Crippen LogP contribution < -0.4 is 5.32 Å². The van der Waals surface area contributed by atoms with Crippen LogP contribution in [0.5, 0.6) is 0 Å². The zero-order valence-electron chi connectivity index (χ0n) is 10.6. The Bertz CT molecular complexity index is 162. The van der Waals surface area contributed by atoms with Gasteiger partial charge >= 0.3 is 0 Å². The molecule has 16 heavy (non-hydrogen) atoms. The Balaban J connectivity index is 3.11. The van der Waals surface area contributed by atoms with Crippen LogP contribution in [0.15, 0.2) is 0 Å². The van der Waals surface area contributed by atoms with E-state index in [0.29, 0.717) is 0 Å². The van der Waals surface area contributed by atoms with Crippen LogP contribution in [-0.2, 0) is 4.79 Å². The van der Waals surface area contributed by atoms with Crippen LogP contribution in [0, 0.1) is 0 Å². The van der Waals surface area contributed by atoms with Crippen LogP contribution in [-0.4, -0.2) is 16.9 Å². The lowest BCUT2D eigenvalue weighted by molar-refractivity contribution is -0.121. The summed E-state index contributed by atoms with van der Waals surface area (Å²) < 4.78 is 1.19. The van der Waals surface area contributed by atoms with E-state index in [1.165, 1.54) is 43.0 Å². The number of unbranched alkanes of at least 4 members (excludes halogenated alkanes) is 6. The predicted octanol–water partition coefficient (Wildman–Crippen LogP) is 4.07. The van der Waals surface area contributed by atoms with Gasteiger partial charge in [0, 0.05) is 13.0 Å². The van der Waals surface area contributed by atoms with E-state index in [2.05, 4.69) is 34.8 Å². The van der Waals surface area contributed by atoms with Crippen molar-refractivity contribution in [2.45, 2.75) is 64.7 Å². The number of alkyl halides is 1. The van der Waals surface area contributed by atoms with Gasteiger partial charge in [-0.2, -0.15) is 0 Å². The van der Waals surface area contributed by atoms with Gasteiger partial charge in [0.15, 0.2) is 0 Å². The first-order chi connectivity index (χ1) is 7.81. The molecule has 0 aromatic rings. The zero-order valence-corrected chi connectivity index (χ0v) is 12.7. The Labute approximate surface area is 114 Å². The summed E-state index contributed by atoms with van der Waals surface area (Å²) in [7, 11) is 0. The van der Waals surface area contributed by atoms with Crippen LogP contribution >= 0.6 is 22.6 Å². The van der Waals surface area contributed by atoms with E-state index in [9.17, 15) is 4.79 Å². The van der Waals surface area contributed by atoms with Gasteiger partial charge in [0.2, 0.25) is 5.91 Å². The molecular weight excluding hydrogens is 313 g/mol. The summed E-state index contributed by atoms with van der Waals surface area (Å²) in [6.07, 6.45) is 10.5. The molecule has 0 heterocycles. The third kappa shape index (κ3) is 12.3. The summed E-state index contributed by atoms with van der Waals surface area (Å²) >= 11 is 2.37. The molecule has 0 atom stereocenters. The molecule has 0 bridgehead atoms. The molecule has 96 valence electrons. The van der Waals surface area contributed by atoms with Crippen LogP contribution in [0.1, 0.15) is 64.7 Å². The van der Waals surface area contributed by atoms with Gasteiger partial charge in [0.05, 0.1) is 0 Å². The van der Waals surface area contributed by atoms with Crippen LogP contribution in [0.25, 0.3) is 0 Å². The van der Waals surface area contributed by atoms with E-state index in [4.69, 9.17) is 0 Å². The molecule has 0 aliphatic heterocycles. The fourth-order valence-electron chi connectivity index (χ4n) is 1.60. The highest BCUT2D eigenvalue weighted by Gasteiger charge is 1.99. The van der Waals surface area contributed by atoms with E-state index in [0.717, 1.165) is 25.8 Å². The van der Waals surface area contributed by atoms with Gasteiger partial charge in [-0.05, 0) is 23.7 Å². The number of carbonyl (C=O) groups excluding carboxylic acids is 1. The number of rotatable bonds is 11. The Morgan fingerprint density at radius 2 is 1.69 bits per heavy atom. The van der Waals surface area contributed by atoms with Gasteiger partial charge in [-0.25, -0.2) is 0 Å². The third-order valence-corrected chi connectivity index (χ3v) is 3.40. The molecule has 0 rings (SSSR count). The molecule has 0 fully saturated rings. The summed E-state index contributed by atoms with van der Waals surface area (Å²) in [6.45, 7) is 3.08. The summed E-state index contributed by atoms with van der Waals surface area (Å²) in [4.78, 5) is 11.4. The maximum atomic E-state index is 11.4. The minimum atomic E-state index is 0.240. The number of hydrogen-bond donors (Lipinski definition) is 1. The van der Waals surface area contributed by atoms with Crippen molar-refractivity contribution < 1.29 is 4.79 Å². The minimum absolute atomic E-state index is 0.240. The predicted molar refractivity (Wildman–Crippen MR) is 79.1 cm³/mol. The second-order valence-corrected chi connectivity index (χ2v) is 5.34. The molecule has 0 saturated heterocycles. The highest BCUT2D eigenvalue weighted by Crippen LogP contribution is 2.06. The van der Waals surface area contributed by atoms with Crippen molar-refractivity contribution in [3.63, 3.8) is 0 Å². The third-order valence-electron chi connectivity index (χ3n) is 2.64. The number of halogens is 1. The first-order valence-electron chi connectivity index (χ1n) is 6.64. The molecule has 0 spiro atoms. The molecule has 0 saturated carbocycles.